The third-order valence-corrected chi connectivity index (χ3v) is 9.04. The van der Waals surface area contributed by atoms with Crippen molar-refractivity contribution in [1.82, 2.24) is 0 Å². The van der Waals surface area contributed by atoms with E-state index in [1.807, 2.05) is 19.9 Å². The summed E-state index contributed by atoms with van der Waals surface area (Å²) in [4.78, 5) is 26.8. The normalized spacial score (nSPS) is 27.2. The number of ketones is 1. The lowest BCUT2D eigenvalue weighted by Crippen LogP contribution is -2.43. The Morgan fingerprint density at radius 1 is 1.33 bits per heavy atom. The molecule has 7 nitrogen and oxygen atoms in total. The van der Waals surface area contributed by atoms with Crippen LogP contribution < -0.4 is 9.62 Å². The summed E-state index contributed by atoms with van der Waals surface area (Å²) in [6.07, 6.45) is 3.72. The highest BCUT2D eigenvalue weighted by atomic mass is 32.2. The van der Waals surface area contributed by atoms with E-state index in [1.54, 1.807) is 17.0 Å². The van der Waals surface area contributed by atoms with E-state index in [2.05, 4.69) is 4.72 Å². The topological polar surface area (TPSA) is 92.8 Å². The number of fused-ring (bicyclic) bond motifs is 3. The van der Waals surface area contributed by atoms with Gasteiger partial charge in [0, 0.05) is 25.8 Å². The number of anilines is 2. The standard InChI is InChI=1S/C22H30N2O5S/c1-21(2)16-8-9-22(21,19(25)11-16)14-30(27,28)23-17-7-6-15-5-4-10-24(18(15)12-17)20(26)13-29-3/h6-7,12,16,23H,4-5,8-11,13-14H2,1-3H3/t16-,22+/m1/s1. The lowest BCUT2D eigenvalue weighted by molar-refractivity contribution is -0.128. The van der Waals surface area contributed by atoms with Crippen molar-refractivity contribution < 1.29 is 22.7 Å². The van der Waals surface area contributed by atoms with Gasteiger partial charge in [0.05, 0.1) is 16.9 Å². The number of carbonyl (C=O) groups is 2. The third kappa shape index (κ3) is 3.34. The molecule has 2 saturated carbocycles. The Kier molecular flexibility index (Phi) is 5.21. The second-order valence-electron chi connectivity index (χ2n) is 9.45. The third-order valence-electron chi connectivity index (χ3n) is 7.62. The lowest BCUT2D eigenvalue weighted by Gasteiger charge is -2.36. The van der Waals surface area contributed by atoms with Crippen molar-refractivity contribution in [2.45, 2.75) is 46.0 Å². The van der Waals surface area contributed by atoms with Crippen LogP contribution in [0.25, 0.3) is 0 Å². The second kappa shape index (κ2) is 7.34. The molecule has 0 saturated heterocycles. The highest BCUT2D eigenvalue weighted by Crippen LogP contribution is 2.64. The van der Waals surface area contributed by atoms with Crippen molar-refractivity contribution >= 4 is 33.1 Å². The van der Waals surface area contributed by atoms with Crippen LogP contribution in [0.1, 0.15) is 45.1 Å². The molecule has 4 rings (SSSR count). The number of Topliss-reactive ketones (excluding diaryl/α,β-unsaturated/α-hetero) is 1. The van der Waals surface area contributed by atoms with Gasteiger partial charge in [-0.25, -0.2) is 8.42 Å². The van der Waals surface area contributed by atoms with Gasteiger partial charge in [0.25, 0.3) is 5.91 Å². The monoisotopic (exact) mass is 434 g/mol. The van der Waals surface area contributed by atoms with Crippen molar-refractivity contribution in [3.8, 4) is 0 Å². The number of nitrogens with one attached hydrogen (secondary N) is 1. The summed E-state index contributed by atoms with van der Waals surface area (Å²) in [5.41, 5.74) is 1.04. The number of rotatable bonds is 6. The van der Waals surface area contributed by atoms with E-state index in [-0.39, 0.29) is 35.4 Å². The highest BCUT2D eigenvalue weighted by molar-refractivity contribution is 7.92. The summed E-state index contributed by atoms with van der Waals surface area (Å²) in [6.45, 7) is 4.63. The molecule has 164 valence electrons. The largest absolute Gasteiger partial charge is 0.375 e. The summed E-state index contributed by atoms with van der Waals surface area (Å²) in [5, 5.41) is 0. The second-order valence-corrected chi connectivity index (χ2v) is 11.2. The number of hydrogen-bond donors (Lipinski definition) is 1. The molecule has 0 spiro atoms. The average Bonchev–Trinajstić information content (AvgIpc) is 3.01. The van der Waals surface area contributed by atoms with Crippen molar-refractivity contribution in [3.05, 3.63) is 23.8 Å². The fraction of sp³-hybridized carbons (Fsp3) is 0.636. The first kappa shape index (κ1) is 21.3. The molecule has 1 N–H and O–H groups in total. The van der Waals surface area contributed by atoms with Gasteiger partial charge in [0.2, 0.25) is 10.0 Å². The minimum atomic E-state index is -3.74. The molecule has 0 aromatic heterocycles. The van der Waals surface area contributed by atoms with Crippen molar-refractivity contribution in [2.24, 2.45) is 16.7 Å². The van der Waals surface area contributed by atoms with E-state index in [1.165, 1.54) is 7.11 Å². The summed E-state index contributed by atoms with van der Waals surface area (Å²) in [7, 11) is -2.26. The molecule has 8 heteroatoms. The van der Waals surface area contributed by atoms with Crippen LogP contribution >= 0.6 is 0 Å². The summed E-state index contributed by atoms with van der Waals surface area (Å²) in [5.74, 6) is 0.0130. The van der Waals surface area contributed by atoms with Gasteiger partial charge < -0.3 is 9.64 Å². The minimum absolute atomic E-state index is 0.0176. The fourth-order valence-electron chi connectivity index (χ4n) is 5.75. The number of amides is 1. The zero-order valence-corrected chi connectivity index (χ0v) is 18.7. The van der Waals surface area contributed by atoms with E-state index in [4.69, 9.17) is 4.74 Å². The molecule has 1 amide bonds. The van der Waals surface area contributed by atoms with Gasteiger partial charge in [-0.3, -0.25) is 14.3 Å². The lowest BCUT2D eigenvalue weighted by atomic mass is 9.70. The van der Waals surface area contributed by atoms with Crippen LogP contribution in [0.3, 0.4) is 0 Å². The highest BCUT2D eigenvalue weighted by Gasteiger charge is 2.65. The maximum absolute atomic E-state index is 13.1. The molecule has 30 heavy (non-hydrogen) atoms. The first-order valence-electron chi connectivity index (χ1n) is 10.6. The molecule has 1 heterocycles. The van der Waals surface area contributed by atoms with Crippen LogP contribution in [-0.2, 0) is 30.8 Å². The van der Waals surface area contributed by atoms with Crippen LogP contribution in [-0.4, -0.2) is 46.1 Å². The molecule has 0 unspecified atom stereocenters. The van der Waals surface area contributed by atoms with Gasteiger partial charge >= 0.3 is 0 Å². The number of ether oxygens (including phenoxy) is 1. The molecule has 2 fully saturated rings. The van der Waals surface area contributed by atoms with Crippen LogP contribution in [0.15, 0.2) is 18.2 Å². The number of sulfonamides is 1. The smallest absolute Gasteiger partial charge is 0.252 e. The van der Waals surface area contributed by atoms with E-state index in [0.717, 1.165) is 30.5 Å². The van der Waals surface area contributed by atoms with Crippen LogP contribution in [0.2, 0.25) is 0 Å². The predicted octanol–water partition coefficient (Wildman–Crippen LogP) is 2.75. The number of benzene rings is 1. The van der Waals surface area contributed by atoms with E-state index < -0.39 is 15.4 Å². The Labute approximate surface area is 178 Å². The summed E-state index contributed by atoms with van der Waals surface area (Å²) >= 11 is 0. The zero-order chi connectivity index (χ0) is 21.7. The maximum atomic E-state index is 13.1. The SMILES string of the molecule is COCC(=O)N1CCCc2ccc(NS(=O)(=O)C[C@@]34CC[C@H](CC3=O)C4(C)C)cc21. The number of nitrogens with zero attached hydrogens (tertiary/aromatic N) is 1. The molecular formula is C22H30N2O5S. The Hall–Kier alpha value is -1.93. The Morgan fingerprint density at radius 2 is 2.10 bits per heavy atom. The van der Waals surface area contributed by atoms with E-state index in [0.29, 0.717) is 25.1 Å². The number of carbonyl (C=O) groups excluding carboxylic acids is 2. The quantitative estimate of drug-likeness (QED) is 0.743. The molecule has 2 aliphatic carbocycles. The molecule has 1 aliphatic heterocycles. The van der Waals surface area contributed by atoms with Crippen molar-refractivity contribution in [2.75, 3.05) is 35.6 Å². The van der Waals surface area contributed by atoms with Gasteiger partial charge in [-0.2, -0.15) is 0 Å². The first-order chi connectivity index (χ1) is 14.1. The van der Waals surface area contributed by atoms with Gasteiger partial charge in [-0.15, -0.1) is 0 Å². The van der Waals surface area contributed by atoms with Gasteiger partial charge in [-0.05, 0) is 54.7 Å². The Balaban J connectivity index is 1.58. The number of methoxy groups -OCH3 is 1. The summed E-state index contributed by atoms with van der Waals surface area (Å²) in [6, 6.07) is 5.32. The predicted molar refractivity (Wildman–Crippen MR) is 115 cm³/mol. The van der Waals surface area contributed by atoms with Crippen LogP contribution in [0.4, 0.5) is 11.4 Å². The molecule has 3 aliphatic rings. The molecule has 2 atom stereocenters. The van der Waals surface area contributed by atoms with Gasteiger partial charge in [0.1, 0.15) is 12.4 Å². The first-order valence-corrected chi connectivity index (χ1v) is 12.2. The fourth-order valence-corrected chi connectivity index (χ4v) is 7.63. The average molecular weight is 435 g/mol. The van der Waals surface area contributed by atoms with E-state index in [9.17, 15) is 18.0 Å². The maximum Gasteiger partial charge on any atom is 0.252 e. The van der Waals surface area contributed by atoms with Gasteiger partial charge in [-0.1, -0.05) is 19.9 Å². The molecule has 1 aromatic rings. The Morgan fingerprint density at radius 3 is 2.73 bits per heavy atom. The molecular weight excluding hydrogens is 404 g/mol. The minimum Gasteiger partial charge on any atom is -0.375 e. The van der Waals surface area contributed by atoms with Crippen LogP contribution in [0.5, 0.6) is 0 Å². The zero-order valence-electron chi connectivity index (χ0n) is 17.9. The van der Waals surface area contributed by atoms with Crippen molar-refractivity contribution in [1.29, 1.82) is 0 Å². The van der Waals surface area contributed by atoms with Crippen molar-refractivity contribution in [3.63, 3.8) is 0 Å². The molecule has 2 bridgehead atoms. The van der Waals surface area contributed by atoms with Crippen LogP contribution in [0, 0.1) is 16.7 Å². The Bertz CT molecular complexity index is 987. The summed E-state index contributed by atoms with van der Waals surface area (Å²) < 4.78 is 33.8. The number of aryl methyl sites for hydroxylation is 1. The molecule has 1 aromatic carbocycles. The molecule has 0 radical (unpaired) electrons. The van der Waals surface area contributed by atoms with Gasteiger partial charge in [0.15, 0.2) is 0 Å². The van der Waals surface area contributed by atoms with E-state index >= 15 is 0 Å². The number of hydrogen-bond acceptors (Lipinski definition) is 5.